The van der Waals surface area contributed by atoms with Crippen molar-refractivity contribution in [2.45, 2.75) is 24.2 Å². The van der Waals surface area contributed by atoms with Crippen molar-refractivity contribution in [3.63, 3.8) is 0 Å². The van der Waals surface area contributed by atoms with Crippen molar-refractivity contribution in [2.24, 2.45) is 0 Å². The van der Waals surface area contributed by atoms with Crippen molar-refractivity contribution >= 4 is 15.8 Å². The molecule has 6 heteroatoms. The molecular formula is C22H19FO4S. The maximum atomic E-state index is 13.1. The number of halogens is 1. The first-order chi connectivity index (χ1) is 13.3. The lowest BCUT2D eigenvalue weighted by molar-refractivity contribution is 0.0472. The number of benzene rings is 3. The van der Waals surface area contributed by atoms with Gasteiger partial charge in [-0.3, -0.25) is 0 Å². The standard InChI is InChI=1S/C22H19FO4S/c1-16-5-11-21(12-6-16)28(25,26)15-17-7-9-19(10-8-17)22(24)27-14-18-3-2-4-20(23)13-18/h2-13H,14-15H2,1H3. The summed E-state index contributed by atoms with van der Waals surface area (Å²) >= 11 is 0. The van der Waals surface area contributed by atoms with Gasteiger partial charge >= 0.3 is 5.97 Å². The van der Waals surface area contributed by atoms with E-state index in [0.29, 0.717) is 16.7 Å². The number of aryl methyl sites for hydroxylation is 1. The number of carbonyl (C=O) groups excluding carboxylic acids is 1. The van der Waals surface area contributed by atoms with Crippen LogP contribution >= 0.6 is 0 Å². The zero-order valence-electron chi connectivity index (χ0n) is 15.3. The summed E-state index contributed by atoms with van der Waals surface area (Å²) in [5, 5.41) is 0. The Kier molecular flexibility index (Phi) is 5.90. The Hall–Kier alpha value is -2.99. The molecule has 0 spiro atoms. The van der Waals surface area contributed by atoms with Crippen LogP contribution in [0.2, 0.25) is 0 Å². The number of esters is 1. The van der Waals surface area contributed by atoms with Gasteiger partial charge in [0.05, 0.1) is 16.2 Å². The van der Waals surface area contributed by atoms with Gasteiger partial charge in [0.25, 0.3) is 0 Å². The minimum absolute atomic E-state index is 0.0415. The van der Waals surface area contributed by atoms with Gasteiger partial charge in [0.2, 0.25) is 0 Å². The summed E-state index contributed by atoms with van der Waals surface area (Å²) in [6, 6.07) is 18.7. The topological polar surface area (TPSA) is 60.4 Å². The van der Waals surface area contributed by atoms with Crippen LogP contribution in [0.4, 0.5) is 4.39 Å². The second-order valence-electron chi connectivity index (χ2n) is 6.48. The lowest BCUT2D eigenvalue weighted by atomic mass is 10.1. The molecule has 144 valence electrons. The molecule has 0 bridgehead atoms. The maximum Gasteiger partial charge on any atom is 0.338 e. The average Bonchev–Trinajstić information content (AvgIpc) is 2.67. The van der Waals surface area contributed by atoms with E-state index in [1.165, 1.54) is 24.3 Å². The lowest BCUT2D eigenvalue weighted by Gasteiger charge is -2.07. The largest absolute Gasteiger partial charge is 0.457 e. The smallest absolute Gasteiger partial charge is 0.338 e. The molecule has 0 amide bonds. The predicted octanol–water partition coefficient (Wildman–Crippen LogP) is 4.47. The highest BCUT2D eigenvalue weighted by molar-refractivity contribution is 7.90. The summed E-state index contributed by atoms with van der Waals surface area (Å²) in [7, 11) is -3.47. The van der Waals surface area contributed by atoms with Crippen molar-refractivity contribution in [2.75, 3.05) is 0 Å². The van der Waals surface area contributed by atoms with Crippen LogP contribution in [0, 0.1) is 12.7 Å². The third-order valence-corrected chi connectivity index (χ3v) is 5.89. The monoisotopic (exact) mass is 398 g/mol. The SMILES string of the molecule is Cc1ccc(S(=O)(=O)Cc2ccc(C(=O)OCc3cccc(F)c3)cc2)cc1. The molecule has 0 radical (unpaired) electrons. The van der Waals surface area contributed by atoms with Crippen LogP contribution in [0.5, 0.6) is 0 Å². The fourth-order valence-corrected chi connectivity index (χ4v) is 3.99. The van der Waals surface area contributed by atoms with Crippen LogP contribution in [0.15, 0.2) is 77.7 Å². The van der Waals surface area contributed by atoms with Gasteiger partial charge in [0.15, 0.2) is 9.84 Å². The number of rotatable bonds is 6. The molecule has 4 nitrogen and oxygen atoms in total. The number of carbonyl (C=O) groups is 1. The fourth-order valence-electron chi connectivity index (χ4n) is 2.64. The first-order valence-electron chi connectivity index (χ1n) is 8.63. The highest BCUT2D eigenvalue weighted by Gasteiger charge is 2.16. The van der Waals surface area contributed by atoms with Crippen LogP contribution in [0.3, 0.4) is 0 Å². The van der Waals surface area contributed by atoms with E-state index >= 15 is 0 Å². The molecule has 0 aliphatic rings. The van der Waals surface area contributed by atoms with E-state index in [1.807, 2.05) is 6.92 Å². The van der Waals surface area contributed by atoms with Gasteiger partial charge in [0.1, 0.15) is 12.4 Å². The van der Waals surface area contributed by atoms with Gasteiger partial charge in [0, 0.05) is 0 Å². The highest BCUT2D eigenvalue weighted by atomic mass is 32.2. The third-order valence-electron chi connectivity index (χ3n) is 4.19. The molecule has 3 aromatic rings. The molecule has 0 atom stereocenters. The van der Waals surface area contributed by atoms with E-state index < -0.39 is 21.6 Å². The van der Waals surface area contributed by atoms with E-state index in [0.717, 1.165) is 5.56 Å². The normalized spacial score (nSPS) is 11.2. The summed E-state index contributed by atoms with van der Waals surface area (Å²) in [5.74, 6) is -1.11. The Bertz CT molecular complexity index is 1070. The van der Waals surface area contributed by atoms with Crippen molar-refractivity contribution in [1.82, 2.24) is 0 Å². The Balaban J connectivity index is 1.64. The van der Waals surface area contributed by atoms with Crippen molar-refractivity contribution in [3.05, 3.63) is 101 Å². The molecule has 3 aromatic carbocycles. The van der Waals surface area contributed by atoms with E-state index in [4.69, 9.17) is 4.74 Å². The average molecular weight is 398 g/mol. The van der Waals surface area contributed by atoms with Crippen molar-refractivity contribution in [1.29, 1.82) is 0 Å². The minimum atomic E-state index is -3.47. The second-order valence-corrected chi connectivity index (χ2v) is 8.46. The third kappa shape index (κ3) is 5.04. The number of ether oxygens (including phenoxy) is 1. The Morgan fingerprint density at radius 1 is 0.929 bits per heavy atom. The first-order valence-corrected chi connectivity index (χ1v) is 10.3. The van der Waals surface area contributed by atoms with E-state index in [2.05, 4.69) is 0 Å². The van der Waals surface area contributed by atoms with Crippen LogP contribution < -0.4 is 0 Å². The molecule has 0 heterocycles. The number of hydrogen-bond donors (Lipinski definition) is 0. The Labute approximate surface area is 163 Å². The Morgan fingerprint density at radius 2 is 1.61 bits per heavy atom. The van der Waals surface area contributed by atoms with E-state index in [1.54, 1.807) is 48.5 Å². The van der Waals surface area contributed by atoms with Crippen LogP contribution in [0.25, 0.3) is 0 Å². The van der Waals surface area contributed by atoms with Gasteiger partial charge < -0.3 is 4.74 Å². The van der Waals surface area contributed by atoms with Gasteiger partial charge in [-0.25, -0.2) is 17.6 Å². The van der Waals surface area contributed by atoms with Crippen LogP contribution in [-0.4, -0.2) is 14.4 Å². The zero-order chi connectivity index (χ0) is 20.1. The molecule has 0 unspecified atom stereocenters. The number of sulfone groups is 1. The zero-order valence-corrected chi connectivity index (χ0v) is 16.1. The highest BCUT2D eigenvalue weighted by Crippen LogP contribution is 2.18. The quantitative estimate of drug-likeness (QED) is 0.575. The molecular weight excluding hydrogens is 379 g/mol. The molecule has 3 rings (SSSR count). The summed E-state index contributed by atoms with van der Waals surface area (Å²) < 4.78 is 43.3. The van der Waals surface area contributed by atoms with E-state index in [9.17, 15) is 17.6 Å². The van der Waals surface area contributed by atoms with Crippen LogP contribution in [-0.2, 0) is 26.9 Å². The van der Waals surface area contributed by atoms with Gasteiger partial charge in [-0.2, -0.15) is 0 Å². The molecule has 0 saturated carbocycles. The second kappa shape index (κ2) is 8.35. The summed E-state index contributed by atoms with van der Waals surface area (Å²) in [6.07, 6.45) is 0. The molecule has 0 aliphatic heterocycles. The summed E-state index contributed by atoms with van der Waals surface area (Å²) in [5.41, 5.74) is 2.41. The van der Waals surface area contributed by atoms with Crippen LogP contribution in [0.1, 0.15) is 27.0 Å². The Morgan fingerprint density at radius 3 is 2.25 bits per heavy atom. The molecule has 0 aromatic heterocycles. The fraction of sp³-hybridized carbons (Fsp3) is 0.136. The summed E-state index contributed by atoms with van der Waals surface area (Å²) in [4.78, 5) is 12.4. The first kappa shape index (κ1) is 19.8. The van der Waals surface area contributed by atoms with Gasteiger partial charge in [-0.1, -0.05) is 42.0 Å². The maximum absolute atomic E-state index is 13.1. The molecule has 0 saturated heterocycles. The lowest BCUT2D eigenvalue weighted by Crippen LogP contribution is -2.07. The molecule has 0 N–H and O–H groups in total. The summed E-state index contributed by atoms with van der Waals surface area (Å²) in [6.45, 7) is 1.85. The van der Waals surface area contributed by atoms with Gasteiger partial charge in [-0.15, -0.1) is 0 Å². The van der Waals surface area contributed by atoms with Gasteiger partial charge in [-0.05, 0) is 54.4 Å². The number of hydrogen-bond acceptors (Lipinski definition) is 4. The van der Waals surface area contributed by atoms with E-state index in [-0.39, 0.29) is 17.3 Å². The van der Waals surface area contributed by atoms with Crippen molar-refractivity contribution < 1.29 is 22.3 Å². The predicted molar refractivity (Wildman–Crippen MR) is 104 cm³/mol. The molecule has 0 fully saturated rings. The minimum Gasteiger partial charge on any atom is -0.457 e. The van der Waals surface area contributed by atoms with Crippen molar-refractivity contribution in [3.8, 4) is 0 Å². The molecule has 28 heavy (non-hydrogen) atoms. The molecule has 0 aliphatic carbocycles.